The van der Waals surface area contributed by atoms with Gasteiger partial charge in [0.15, 0.2) is 0 Å². The second-order valence-electron chi connectivity index (χ2n) is 15.6. The van der Waals surface area contributed by atoms with Crippen molar-refractivity contribution in [2.45, 2.75) is 103 Å². The summed E-state index contributed by atoms with van der Waals surface area (Å²) in [5.41, 5.74) is -1.34. The third-order valence-electron chi connectivity index (χ3n) is 10.0. The van der Waals surface area contributed by atoms with Crippen molar-refractivity contribution < 1.29 is 33.8 Å². The molecule has 2 N–H and O–H groups in total. The van der Waals surface area contributed by atoms with Gasteiger partial charge in [-0.3, -0.25) is 19.2 Å². The predicted molar refractivity (Wildman–Crippen MR) is 177 cm³/mol. The molecule has 0 saturated carbocycles. The number of esters is 1. The van der Waals surface area contributed by atoms with E-state index in [1.807, 2.05) is 75.1 Å². The van der Waals surface area contributed by atoms with Crippen LogP contribution in [0.3, 0.4) is 0 Å². The Bertz CT molecular complexity index is 1410. The molecule has 4 heterocycles. The smallest absolute Gasteiger partial charge is 0.306 e. The van der Waals surface area contributed by atoms with Crippen molar-refractivity contribution in [3.05, 3.63) is 60.2 Å². The van der Waals surface area contributed by atoms with E-state index in [9.17, 15) is 24.3 Å². The monoisotopic (exact) mass is 649 g/mol. The van der Waals surface area contributed by atoms with Crippen molar-refractivity contribution in [1.82, 2.24) is 15.1 Å². The molecule has 2 fully saturated rings. The lowest BCUT2D eigenvalue weighted by molar-refractivity contribution is -0.155. The van der Waals surface area contributed by atoms with E-state index in [0.29, 0.717) is 19.4 Å². The van der Waals surface area contributed by atoms with E-state index in [-0.39, 0.29) is 48.8 Å². The Hall–Kier alpha value is -3.50. The van der Waals surface area contributed by atoms with Gasteiger partial charge in [-0.1, -0.05) is 89.3 Å². The second-order valence-corrected chi connectivity index (χ2v) is 15.6. The molecule has 0 aliphatic carbocycles. The van der Waals surface area contributed by atoms with E-state index in [1.165, 1.54) is 4.90 Å². The predicted octanol–water partition coefficient (Wildman–Crippen LogP) is 3.95. The lowest BCUT2D eigenvalue weighted by Gasteiger charge is -2.45. The average Bonchev–Trinajstić information content (AvgIpc) is 3.36. The summed E-state index contributed by atoms with van der Waals surface area (Å²) in [7, 11) is 0. The van der Waals surface area contributed by atoms with Crippen LogP contribution in [-0.4, -0.2) is 87.7 Å². The summed E-state index contributed by atoms with van der Waals surface area (Å²) in [6, 6.07) is 6.84. The zero-order valence-corrected chi connectivity index (χ0v) is 28.8. The van der Waals surface area contributed by atoms with E-state index in [1.54, 1.807) is 12.2 Å². The average molecular weight is 650 g/mol. The van der Waals surface area contributed by atoms with Gasteiger partial charge in [0.1, 0.15) is 18.2 Å². The van der Waals surface area contributed by atoms with Crippen molar-refractivity contribution in [3.8, 4) is 0 Å². The van der Waals surface area contributed by atoms with Crippen LogP contribution in [0.4, 0.5) is 0 Å². The fourth-order valence-corrected chi connectivity index (χ4v) is 8.29. The van der Waals surface area contributed by atoms with Gasteiger partial charge in [-0.25, -0.2) is 0 Å². The van der Waals surface area contributed by atoms with Gasteiger partial charge in [-0.2, -0.15) is 0 Å². The van der Waals surface area contributed by atoms with Crippen molar-refractivity contribution in [3.63, 3.8) is 0 Å². The normalized spacial score (nSPS) is 31.6. The number of carbonyl (C=O) groups excluding carboxylic acids is 4. The Morgan fingerprint density at radius 2 is 1.72 bits per heavy atom. The van der Waals surface area contributed by atoms with Crippen LogP contribution in [0, 0.1) is 23.2 Å². The lowest BCUT2D eigenvalue weighted by Crippen LogP contribution is -2.62. The van der Waals surface area contributed by atoms with Crippen LogP contribution in [0.1, 0.15) is 79.3 Å². The van der Waals surface area contributed by atoms with Gasteiger partial charge in [0.2, 0.25) is 17.7 Å². The molecule has 5 rings (SSSR count). The van der Waals surface area contributed by atoms with Crippen LogP contribution in [0.2, 0.25) is 0 Å². The number of likely N-dealkylation sites (tertiary alicyclic amines) is 1. The van der Waals surface area contributed by atoms with Crippen LogP contribution < -0.4 is 5.32 Å². The summed E-state index contributed by atoms with van der Waals surface area (Å²) >= 11 is 0. The van der Waals surface area contributed by atoms with Crippen molar-refractivity contribution in [2.24, 2.45) is 23.2 Å². The van der Waals surface area contributed by atoms with Gasteiger partial charge in [-0.15, -0.1) is 0 Å². The Morgan fingerprint density at radius 1 is 1.02 bits per heavy atom. The van der Waals surface area contributed by atoms with Crippen LogP contribution in [0.15, 0.2) is 54.6 Å². The maximum absolute atomic E-state index is 15.0. The third kappa shape index (κ3) is 6.64. The number of hydrogen-bond acceptors (Lipinski definition) is 7. The highest BCUT2D eigenvalue weighted by molar-refractivity contribution is 6.00. The fourth-order valence-electron chi connectivity index (χ4n) is 8.29. The summed E-state index contributed by atoms with van der Waals surface area (Å²) in [6.45, 7) is 14.2. The van der Waals surface area contributed by atoms with Gasteiger partial charge >= 0.3 is 5.97 Å². The number of carbonyl (C=O) groups is 4. The minimum atomic E-state index is -1.45. The van der Waals surface area contributed by atoms with Crippen molar-refractivity contribution >= 4 is 23.7 Å². The molecule has 0 aromatic heterocycles. The number of aliphatic hydroxyl groups excluding tert-OH is 1. The molecule has 0 radical (unpaired) electrons. The Balaban J connectivity index is 1.63. The molecule has 3 amide bonds. The molecule has 4 aliphatic heterocycles. The first-order valence-corrected chi connectivity index (χ1v) is 16.9. The molecule has 10 nitrogen and oxygen atoms in total. The number of nitrogens with one attached hydrogen (secondary N) is 1. The minimum absolute atomic E-state index is 0.0643. The minimum Gasteiger partial charge on any atom is -0.463 e. The van der Waals surface area contributed by atoms with E-state index in [0.717, 1.165) is 5.56 Å². The number of amides is 3. The SMILES string of the molecule is CC(C)[C@H](CO)N1C(=O)[C@H]2[C@@H]3C(=O)N[C@@H](c4ccccc4)COC(=O)CC/C=C\[C@@H]3O[C@]23C=CCN(C(C)(C)CC(C)(C)C)C(=O)[C@H]13. The number of rotatable bonds is 6. The Kier molecular flexibility index (Phi) is 9.77. The first-order chi connectivity index (χ1) is 22.1. The van der Waals surface area contributed by atoms with Gasteiger partial charge in [-0.05, 0) is 43.6 Å². The van der Waals surface area contributed by atoms with Crippen molar-refractivity contribution in [2.75, 3.05) is 19.8 Å². The number of cyclic esters (lactones) is 1. The summed E-state index contributed by atoms with van der Waals surface area (Å²) in [6.07, 6.45) is 7.64. The summed E-state index contributed by atoms with van der Waals surface area (Å²) < 4.78 is 12.4. The molecule has 256 valence electrons. The maximum atomic E-state index is 15.0. The largest absolute Gasteiger partial charge is 0.463 e. The van der Waals surface area contributed by atoms with Crippen LogP contribution in [0.25, 0.3) is 0 Å². The zero-order chi connectivity index (χ0) is 34.3. The van der Waals surface area contributed by atoms with Crippen LogP contribution in [-0.2, 0) is 28.7 Å². The second kappa shape index (κ2) is 13.2. The first-order valence-electron chi connectivity index (χ1n) is 16.9. The van der Waals surface area contributed by atoms with Gasteiger partial charge in [0.05, 0.1) is 36.6 Å². The highest BCUT2D eigenvalue weighted by Crippen LogP contribution is 2.54. The number of allylic oxidation sites excluding steroid dienone is 1. The number of aliphatic hydroxyl groups is 1. The molecular formula is C37H51N3O7. The van der Waals surface area contributed by atoms with E-state index in [4.69, 9.17) is 9.47 Å². The summed E-state index contributed by atoms with van der Waals surface area (Å²) in [5, 5.41) is 13.7. The Morgan fingerprint density at radius 3 is 2.36 bits per heavy atom. The molecule has 1 aromatic carbocycles. The highest BCUT2D eigenvalue weighted by atomic mass is 16.5. The molecule has 10 heteroatoms. The zero-order valence-electron chi connectivity index (χ0n) is 28.8. The molecule has 7 atom stereocenters. The van der Waals surface area contributed by atoms with Crippen molar-refractivity contribution in [1.29, 1.82) is 0 Å². The fraction of sp³-hybridized carbons (Fsp3) is 0.622. The Labute approximate surface area is 278 Å². The molecular weight excluding hydrogens is 598 g/mol. The molecule has 2 saturated heterocycles. The number of fused-ring (bicyclic) bond motifs is 2. The molecule has 0 bridgehead atoms. The highest BCUT2D eigenvalue weighted by Gasteiger charge is 2.72. The van der Waals surface area contributed by atoms with Crippen LogP contribution in [0.5, 0.6) is 0 Å². The summed E-state index contributed by atoms with van der Waals surface area (Å²) in [4.78, 5) is 60.1. The topological polar surface area (TPSA) is 125 Å². The number of benzene rings is 1. The van der Waals surface area contributed by atoms with Gasteiger partial charge in [0, 0.05) is 18.5 Å². The van der Waals surface area contributed by atoms with E-state index >= 15 is 0 Å². The quantitative estimate of drug-likeness (QED) is 0.353. The van der Waals surface area contributed by atoms with Crippen LogP contribution >= 0.6 is 0 Å². The third-order valence-corrected chi connectivity index (χ3v) is 10.0. The number of hydrogen-bond donors (Lipinski definition) is 2. The molecule has 4 aliphatic rings. The first kappa shape index (κ1) is 34.8. The molecule has 1 aromatic rings. The van der Waals surface area contributed by atoms with E-state index in [2.05, 4.69) is 26.1 Å². The molecule has 1 spiro atoms. The number of ether oxygens (including phenoxy) is 2. The van der Waals surface area contributed by atoms with Gasteiger partial charge < -0.3 is 29.7 Å². The van der Waals surface area contributed by atoms with E-state index < -0.39 is 53.1 Å². The van der Waals surface area contributed by atoms with Gasteiger partial charge in [0.25, 0.3) is 0 Å². The molecule has 47 heavy (non-hydrogen) atoms. The maximum Gasteiger partial charge on any atom is 0.306 e. The summed E-state index contributed by atoms with van der Waals surface area (Å²) in [5.74, 6) is -3.64. The number of nitrogens with zero attached hydrogens (tertiary/aromatic N) is 2. The molecule has 0 unspecified atom stereocenters. The standard InChI is InChI=1S/C37H51N3O7/c1-23(2)26(20-41)40-31-34(45)39(36(6,7)22-35(3,4)5)19-13-18-37(31)30(33(40)44)29-27(47-37)16-11-12-17-28(42)46-21-25(38-32(29)43)24-14-9-8-10-15-24/h8-11,13-16,18,23,25-27,29-31,41H,12,17,19-22H2,1-7H3,(H,38,43)/b16-11-/t25-,26+,27+,29-,30-,31+,37-/m1/s1. The lowest BCUT2D eigenvalue weighted by atomic mass is 9.77.